The standard InChI is InChI=1S/C5H6F2O2S/c6-5(7,4(8)9)3-1-10-2-3/h3H,1-2H2,(H,8,9). The van der Waals surface area contributed by atoms with E-state index in [1.54, 1.807) is 0 Å². The molecule has 1 saturated heterocycles. The maximum atomic E-state index is 12.4. The van der Waals surface area contributed by atoms with Crippen molar-refractivity contribution < 1.29 is 18.7 Å². The first kappa shape index (κ1) is 7.78. The highest BCUT2D eigenvalue weighted by atomic mass is 32.2. The molecule has 0 aliphatic carbocycles. The lowest BCUT2D eigenvalue weighted by Crippen LogP contribution is -2.43. The van der Waals surface area contributed by atoms with Crippen LogP contribution in [-0.4, -0.2) is 28.5 Å². The zero-order valence-corrected chi connectivity index (χ0v) is 5.83. The van der Waals surface area contributed by atoms with E-state index in [4.69, 9.17) is 5.11 Å². The smallest absolute Gasteiger partial charge is 0.374 e. The van der Waals surface area contributed by atoms with Gasteiger partial charge in [-0.3, -0.25) is 0 Å². The van der Waals surface area contributed by atoms with Crippen molar-refractivity contribution in [2.24, 2.45) is 5.92 Å². The topological polar surface area (TPSA) is 37.3 Å². The van der Waals surface area contributed by atoms with Gasteiger partial charge in [-0.1, -0.05) is 0 Å². The zero-order chi connectivity index (χ0) is 7.78. The Kier molecular flexibility index (Phi) is 1.85. The Labute approximate surface area is 60.6 Å². The van der Waals surface area contributed by atoms with Gasteiger partial charge < -0.3 is 5.11 Å². The summed E-state index contributed by atoms with van der Waals surface area (Å²) in [4.78, 5) is 9.90. The molecule has 0 aromatic rings. The molecule has 1 N–H and O–H groups in total. The summed E-state index contributed by atoms with van der Waals surface area (Å²) in [5.41, 5.74) is 0. The van der Waals surface area contributed by atoms with Gasteiger partial charge in [-0.15, -0.1) is 0 Å². The first-order chi connectivity index (χ1) is 4.55. The second-order valence-electron chi connectivity index (χ2n) is 2.16. The second-order valence-corrected chi connectivity index (χ2v) is 3.24. The number of hydrogen-bond acceptors (Lipinski definition) is 2. The summed E-state index contributed by atoms with van der Waals surface area (Å²) in [6.45, 7) is 0. The second kappa shape index (κ2) is 2.38. The van der Waals surface area contributed by atoms with Crippen LogP contribution < -0.4 is 0 Å². The minimum atomic E-state index is -3.51. The van der Waals surface area contributed by atoms with Gasteiger partial charge in [-0.25, -0.2) is 4.79 Å². The monoisotopic (exact) mass is 168 g/mol. The molecule has 1 aliphatic rings. The highest BCUT2D eigenvalue weighted by Gasteiger charge is 2.50. The maximum Gasteiger partial charge on any atom is 0.374 e. The molecule has 0 saturated carbocycles. The minimum Gasteiger partial charge on any atom is -0.477 e. The first-order valence-corrected chi connectivity index (χ1v) is 3.89. The molecule has 0 bridgehead atoms. The predicted octanol–water partition coefficient (Wildman–Crippen LogP) is 1.07. The van der Waals surface area contributed by atoms with Gasteiger partial charge >= 0.3 is 11.9 Å². The Morgan fingerprint density at radius 2 is 2.10 bits per heavy atom. The van der Waals surface area contributed by atoms with Crippen molar-refractivity contribution in [2.45, 2.75) is 5.92 Å². The number of rotatable bonds is 2. The third kappa shape index (κ3) is 1.10. The van der Waals surface area contributed by atoms with Crippen molar-refractivity contribution in [3.8, 4) is 0 Å². The van der Waals surface area contributed by atoms with E-state index >= 15 is 0 Å². The number of halogens is 2. The molecule has 0 spiro atoms. The minimum absolute atomic E-state index is 0.263. The van der Waals surface area contributed by atoms with Crippen LogP contribution in [0, 0.1) is 5.92 Å². The van der Waals surface area contributed by atoms with E-state index < -0.39 is 17.8 Å². The van der Waals surface area contributed by atoms with E-state index in [0.717, 1.165) is 0 Å². The summed E-state index contributed by atoms with van der Waals surface area (Å²) in [6, 6.07) is 0. The Balaban J connectivity index is 2.57. The number of alkyl halides is 2. The molecular weight excluding hydrogens is 162 g/mol. The number of carboxylic acid groups (broad SMARTS) is 1. The van der Waals surface area contributed by atoms with Crippen LogP contribution in [0.1, 0.15) is 0 Å². The van der Waals surface area contributed by atoms with Gasteiger partial charge in [0.05, 0.1) is 5.92 Å². The van der Waals surface area contributed by atoms with Crippen LogP contribution in [0.2, 0.25) is 0 Å². The molecule has 0 aromatic heterocycles. The molecule has 0 radical (unpaired) electrons. The molecule has 58 valence electrons. The summed E-state index contributed by atoms with van der Waals surface area (Å²) in [6.07, 6.45) is 0. The first-order valence-electron chi connectivity index (χ1n) is 2.74. The van der Waals surface area contributed by atoms with E-state index in [9.17, 15) is 13.6 Å². The van der Waals surface area contributed by atoms with E-state index in [0.29, 0.717) is 0 Å². The molecule has 2 nitrogen and oxygen atoms in total. The normalized spacial score (nSPS) is 20.2. The van der Waals surface area contributed by atoms with E-state index in [1.807, 2.05) is 0 Å². The fraction of sp³-hybridized carbons (Fsp3) is 0.800. The lowest BCUT2D eigenvalue weighted by atomic mass is 10.1. The fourth-order valence-electron chi connectivity index (χ4n) is 0.620. The van der Waals surface area contributed by atoms with Crippen LogP contribution in [0.15, 0.2) is 0 Å². The third-order valence-corrected chi connectivity index (χ3v) is 2.71. The SMILES string of the molecule is O=C(O)C(F)(F)C1CSC1. The average molecular weight is 168 g/mol. The number of thioether (sulfide) groups is 1. The van der Waals surface area contributed by atoms with Gasteiger partial charge in [0.25, 0.3) is 0 Å². The van der Waals surface area contributed by atoms with Crippen LogP contribution >= 0.6 is 11.8 Å². The molecule has 1 aliphatic heterocycles. The van der Waals surface area contributed by atoms with Crippen LogP contribution in [0.4, 0.5) is 8.78 Å². The molecule has 5 heteroatoms. The fourth-order valence-corrected chi connectivity index (χ4v) is 1.51. The van der Waals surface area contributed by atoms with Gasteiger partial charge in [0.1, 0.15) is 0 Å². The zero-order valence-electron chi connectivity index (χ0n) is 5.01. The van der Waals surface area contributed by atoms with E-state index in [1.165, 1.54) is 11.8 Å². The van der Waals surface area contributed by atoms with Gasteiger partial charge in [-0.2, -0.15) is 20.5 Å². The molecule has 0 unspecified atom stereocenters. The Morgan fingerprint density at radius 3 is 2.20 bits per heavy atom. The lowest BCUT2D eigenvalue weighted by molar-refractivity contribution is -0.171. The van der Waals surface area contributed by atoms with Gasteiger partial charge in [0.15, 0.2) is 0 Å². The molecule has 1 heterocycles. The van der Waals surface area contributed by atoms with Crippen LogP contribution in [0.25, 0.3) is 0 Å². The Morgan fingerprint density at radius 1 is 1.60 bits per heavy atom. The van der Waals surface area contributed by atoms with Crippen LogP contribution in [-0.2, 0) is 4.79 Å². The van der Waals surface area contributed by atoms with Crippen LogP contribution in [0.3, 0.4) is 0 Å². The maximum absolute atomic E-state index is 12.4. The van der Waals surface area contributed by atoms with Gasteiger partial charge in [0.2, 0.25) is 0 Å². The number of hydrogen-bond donors (Lipinski definition) is 1. The quantitative estimate of drug-likeness (QED) is 0.670. The molecule has 1 fully saturated rings. The molecule has 0 atom stereocenters. The molecule has 1 rings (SSSR count). The molecular formula is C5H6F2O2S. The van der Waals surface area contributed by atoms with Gasteiger partial charge in [0, 0.05) is 11.5 Å². The van der Waals surface area contributed by atoms with E-state index in [-0.39, 0.29) is 11.5 Å². The summed E-state index contributed by atoms with van der Waals surface area (Å²) >= 11 is 1.35. The summed E-state index contributed by atoms with van der Waals surface area (Å²) < 4.78 is 24.8. The molecule has 0 aromatic carbocycles. The lowest BCUT2D eigenvalue weighted by Gasteiger charge is -2.29. The van der Waals surface area contributed by atoms with Crippen molar-refractivity contribution in [2.75, 3.05) is 11.5 Å². The highest BCUT2D eigenvalue weighted by Crippen LogP contribution is 2.37. The van der Waals surface area contributed by atoms with Gasteiger partial charge in [-0.05, 0) is 0 Å². The number of aliphatic carboxylic acids is 1. The summed E-state index contributed by atoms with van der Waals surface area (Å²) in [5, 5.41) is 8.02. The average Bonchev–Trinajstić information content (AvgIpc) is 1.57. The third-order valence-electron chi connectivity index (χ3n) is 1.44. The predicted molar refractivity (Wildman–Crippen MR) is 33.4 cm³/mol. The van der Waals surface area contributed by atoms with Crippen molar-refractivity contribution in [3.05, 3.63) is 0 Å². The molecule has 0 amide bonds. The number of carboxylic acids is 1. The van der Waals surface area contributed by atoms with Crippen molar-refractivity contribution in [1.82, 2.24) is 0 Å². The van der Waals surface area contributed by atoms with Crippen molar-refractivity contribution >= 4 is 17.7 Å². The largest absolute Gasteiger partial charge is 0.477 e. The molecule has 10 heavy (non-hydrogen) atoms. The highest BCUT2D eigenvalue weighted by molar-refractivity contribution is 8.00. The number of carbonyl (C=O) groups is 1. The van der Waals surface area contributed by atoms with Crippen molar-refractivity contribution in [3.63, 3.8) is 0 Å². The summed E-state index contributed by atoms with van der Waals surface area (Å²) in [7, 11) is 0. The van der Waals surface area contributed by atoms with Crippen LogP contribution in [0.5, 0.6) is 0 Å². The Hall–Kier alpha value is -0.320. The van der Waals surface area contributed by atoms with E-state index in [2.05, 4.69) is 0 Å². The van der Waals surface area contributed by atoms with Crippen molar-refractivity contribution in [1.29, 1.82) is 0 Å². The Bertz CT molecular complexity index is 156. The summed E-state index contributed by atoms with van der Waals surface area (Å²) in [5.74, 6) is -5.93.